The molecular weight excluding hydrogens is 382 g/mol. The average Bonchev–Trinajstić information content (AvgIpc) is 2.52. The minimum absolute atomic E-state index is 0.0133. The van der Waals surface area contributed by atoms with Crippen LogP contribution < -0.4 is 14.8 Å². The number of nitrogens with one attached hydrogen (secondary N) is 1. The first-order valence-corrected chi connectivity index (χ1v) is 9.09. The number of halogens is 1. The van der Waals surface area contributed by atoms with E-state index in [9.17, 15) is 4.79 Å². The average molecular weight is 404 g/mol. The molecule has 0 spiro atoms. The Labute approximate surface area is 156 Å². The van der Waals surface area contributed by atoms with Crippen LogP contribution >= 0.6 is 15.9 Å². The molecule has 0 aliphatic carbocycles. The molecule has 1 atom stereocenters. The maximum Gasteiger partial charge on any atom is 0.258 e. The Kier molecular flexibility index (Phi) is 5.04. The van der Waals surface area contributed by atoms with Crippen LogP contribution in [-0.2, 0) is 4.79 Å². The van der Waals surface area contributed by atoms with Gasteiger partial charge in [-0.1, -0.05) is 28.1 Å². The molecule has 2 aromatic carbocycles. The van der Waals surface area contributed by atoms with Crippen LogP contribution in [0.15, 0.2) is 46.9 Å². The van der Waals surface area contributed by atoms with Crippen molar-refractivity contribution in [3.63, 3.8) is 0 Å². The first-order valence-electron chi connectivity index (χ1n) is 8.30. The Morgan fingerprint density at radius 2 is 2.00 bits per heavy atom. The van der Waals surface area contributed by atoms with E-state index in [1.807, 2.05) is 63.2 Å². The highest BCUT2D eigenvalue weighted by Gasteiger charge is 2.34. The second-order valence-electron chi connectivity index (χ2n) is 6.97. The molecule has 0 fully saturated rings. The fourth-order valence-corrected chi connectivity index (χ4v) is 3.27. The molecule has 3 rings (SSSR count). The van der Waals surface area contributed by atoms with Crippen LogP contribution in [0, 0.1) is 6.92 Å². The first-order chi connectivity index (χ1) is 11.8. The van der Waals surface area contributed by atoms with Gasteiger partial charge in [0.25, 0.3) is 5.91 Å². The van der Waals surface area contributed by atoms with Gasteiger partial charge in [-0.15, -0.1) is 0 Å². The lowest BCUT2D eigenvalue weighted by Crippen LogP contribution is -2.42. The number of hydrogen-bond donors (Lipinski definition) is 1. The van der Waals surface area contributed by atoms with E-state index in [1.165, 1.54) is 0 Å². The summed E-state index contributed by atoms with van der Waals surface area (Å²) in [6, 6.07) is 13.4. The molecule has 25 heavy (non-hydrogen) atoms. The van der Waals surface area contributed by atoms with E-state index >= 15 is 0 Å². The van der Waals surface area contributed by atoms with Gasteiger partial charge in [0.1, 0.15) is 17.1 Å². The normalized spacial score (nSPS) is 18.0. The highest BCUT2D eigenvalue weighted by molar-refractivity contribution is 9.10. The summed E-state index contributed by atoms with van der Waals surface area (Å²) in [7, 11) is 0. The van der Waals surface area contributed by atoms with Crippen molar-refractivity contribution in [1.29, 1.82) is 0 Å². The van der Waals surface area contributed by atoms with Crippen LogP contribution in [0.25, 0.3) is 0 Å². The van der Waals surface area contributed by atoms with Gasteiger partial charge in [-0.3, -0.25) is 4.79 Å². The molecular formula is C20H22BrNO3. The van der Waals surface area contributed by atoms with Gasteiger partial charge in [0.2, 0.25) is 0 Å². The maximum absolute atomic E-state index is 12.4. The predicted molar refractivity (Wildman–Crippen MR) is 101 cm³/mol. The summed E-state index contributed by atoms with van der Waals surface area (Å²) in [4.78, 5) is 12.4. The highest BCUT2D eigenvalue weighted by atomic mass is 79.9. The fraction of sp³-hybridized carbons (Fsp3) is 0.350. The quantitative estimate of drug-likeness (QED) is 0.813. The van der Waals surface area contributed by atoms with E-state index in [4.69, 9.17) is 9.47 Å². The Morgan fingerprint density at radius 3 is 2.72 bits per heavy atom. The van der Waals surface area contributed by atoms with Gasteiger partial charge in [0.05, 0.1) is 6.04 Å². The van der Waals surface area contributed by atoms with Crippen LogP contribution in [-0.4, -0.2) is 18.1 Å². The number of amides is 1. The van der Waals surface area contributed by atoms with Crippen LogP contribution in [0.1, 0.15) is 37.4 Å². The van der Waals surface area contributed by atoms with Gasteiger partial charge in [-0.25, -0.2) is 0 Å². The highest BCUT2D eigenvalue weighted by Crippen LogP contribution is 2.39. The van der Waals surface area contributed by atoms with Gasteiger partial charge in [-0.05, 0) is 56.7 Å². The van der Waals surface area contributed by atoms with Crippen molar-refractivity contribution in [1.82, 2.24) is 5.32 Å². The molecule has 1 heterocycles. The minimum atomic E-state index is -0.328. The zero-order valence-corrected chi connectivity index (χ0v) is 16.2. The Bertz CT molecular complexity index is 771. The predicted octanol–water partition coefficient (Wildman–Crippen LogP) is 4.55. The topological polar surface area (TPSA) is 47.6 Å². The zero-order chi connectivity index (χ0) is 18.0. The molecule has 0 saturated carbocycles. The van der Waals surface area contributed by atoms with E-state index in [2.05, 4.69) is 21.2 Å². The minimum Gasteiger partial charge on any atom is -0.487 e. The number of rotatable bonds is 4. The molecule has 1 unspecified atom stereocenters. The van der Waals surface area contributed by atoms with Gasteiger partial charge < -0.3 is 14.8 Å². The standard InChI is InChI=1S/C20H22BrNO3/c1-13-4-9-16-17(11-20(2,3)25-18(16)10-13)22-19(23)12-24-15-7-5-14(21)6-8-15/h4-10,17H,11-12H2,1-3H3,(H,22,23). The third kappa shape index (κ3) is 4.54. The Balaban J connectivity index is 1.67. The lowest BCUT2D eigenvalue weighted by molar-refractivity contribution is -0.124. The van der Waals surface area contributed by atoms with E-state index in [1.54, 1.807) is 0 Å². The van der Waals surface area contributed by atoms with Gasteiger partial charge in [0.15, 0.2) is 6.61 Å². The van der Waals surface area contributed by atoms with Crippen molar-refractivity contribution in [2.45, 2.75) is 38.8 Å². The number of carbonyl (C=O) groups excluding carboxylic acids is 1. The molecule has 2 aromatic rings. The molecule has 0 radical (unpaired) electrons. The molecule has 1 aliphatic heterocycles. The maximum atomic E-state index is 12.4. The third-order valence-electron chi connectivity index (χ3n) is 4.15. The largest absolute Gasteiger partial charge is 0.487 e. The molecule has 5 heteroatoms. The van der Waals surface area contributed by atoms with Crippen molar-refractivity contribution >= 4 is 21.8 Å². The molecule has 1 amide bonds. The second kappa shape index (κ2) is 7.08. The van der Waals surface area contributed by atoms with E-state index < -0.39 is 0 Å². The van der Waals surface area contributed by atoms with E-state index in [0.29, 0.717) is 12.2 Å². The van der Waals surface area contributed by atoms with Crippen LogP contribution in [0.4, 0.5) is 0 Å². The Hall–Kier alpha value is -2.01. The molecule has 4 nitrogen and oxygen atoms in total. The molecule has 132 valence electrons. The molecule has 1 N–H and O–H groups in total. The fourth-order valence-electron chi connectivity index (χ4n) is 3.00. The monoisotopic (exact) mass is 403 g/mol. The molecule has 1 aliphatic rings. The SMILES string of the molecule is Cc1ccc2c(c1)OC(C)(C)CC2NC(=O)COc1ccc(Br)cc1. The molecule has 0 bridgehead atoms. The lowest BCUT2D eigenvalue weighted by Gasteiger charge is -2.38. The summed E-state index contributed by atoms with van der Waals surface area (Å²) >= 11 is 3.38. The number of carbonyl (C=O) groups is 1. The third-order valence-corrected chi connectivity index (χ3v) is 4.67. The van der Waals surface area contributed by atoms with Crippen molar-refractivity contribution in [3.05, 3.63) is 58.1 Å². The lowest BCUT2D eigenvalue weighted by atomic mass is 9.89. The second-order valence-corrected chi connectivity index (χ2v) is 7.89. The van der Waals surface area contributed by atoms with Crippen molar-refractivity contribution in [3.8, 4) is 11.5 Å². The van der Waals surface area contributed by atoms with Gasteiger partial charge in [0, 0.05) is 16.5 Å². The van der Waals surface area contributed by atoms with E-state index in [0.717, 1.165) is 21.3 Å². The summed E-state index contributed by atoms with van der Waals surface area (Å²) in [6.07, 6.45) is 0.715. The Morgan fingerprint density at radius 1 is 1.28 bits per heavy atom. The number of hydrogen-bond acceptors (Lipinski definition) is 3. The summed E-state index contributed by atoms with van der Waals surface area (Å²) < 4.78 is 12.6. The molecule has 0 aromatic heterocycles. The van der Waals surface area contributed by atoms with Gasteiger partial charge >= 0.3 is 0 Å². The van der Waals surface area contributed by atoms with Crippen LogP contribution in [0.2, 0.25) is 0 Å². The van der Waals surface area contributed by atoms with Crippen molar-refractivity contribution in [2.24, 2.45) is 0 Å². The summed E-state index contributed by atoms with van der Waals surface area (Å²) in [6.45, 7) is 6.09. The number of ether oxygens (including phenoxy) is 2. The number of fused-ring (bicyclic) bond motifs is 1. The van der Waals surface area contributed by atoms with Crippen molar-refractivity contribution < 1.29 is 14.3 Å². The summed E-state index contributed by atoms with van der Waals surface area (Å²) in [5.74, 6) is 1.37. The number of aryl methyl sites for hydroxylation is 1. The smallest absolute Gasteiger partial charge is 0.258 e. The number of benzene rings is 2. The van der Waals surface area contributed by atoms with Crippen LogP contribution in [0.5, 0.6) is 11.5 Å². The van der Waals surface area contributed by atoms with E-state index in [-0.39, 0.29) is 24.2 Å². The summed E-state index contributed by atoms with van der Waals surface area (Å²) in [5, 5.41) is 3.08. The first kappa shape index (κ1) is 17.8. The molecule has 0 saturated heterocycles. The van der Waals surface area contributed by atoms with Crippen LogP contribution in [0.3, 0.4) is 0 Å². The zero-order valence-electron chi connectivity index (χ0n) is 14.6. The van der Waals surface area contributed by atoms with Crippen molar-refractivity contribution in [2.75, 3.05) is 6.61 Å². The summed E-state index contributed by atoms with van der Waals surface area (Å²) in [5.41, 5.74) is 1.83. The van der Waals surface area contributed by atoms with Gasteiger partial charge in [-0.2, -0.15) is 0 Å².